The lowest BCUT2D eigenvalue weighted by Gasteiger charge is -2.22. The Hall–Kier alpha value is -0.750. The van der Waals surface area contributed by atoms with Crippen LogP contribution in [0, 0.1) is 0 Å². The lowest BCUT2D eigenvalue weighted by Crippen LogP contribution is -2.42. The van der Waals surface area contributed by atoms with Crippen LogP contribution < -0.4 is 5.32 Å². The third kappa shape index (κ3) is 2.74. The van der Waals surface area contributed by atoms with E-state index in [0.717, 1.165) is 31.9 Å². The molecule has 3 nitrogen and oxygen atoms in total. The van der Waals surface area contributed by atoms with E-state index in [0.29, 0.717) is 6.04 Å². The van der Waals surface area contributed by atoms with E-state index in [1.165, 1.54) is 9.88 Å². The standard InChI is InChI=1S/C12H14N2OS2/c1-2-11(16-5-1)10-8-17-12(14-10)6-9-7-15-4-3-13-9/h1-2,5,8-9,13H,3-4,6-7H2. The Bertz CT molecular complexity index is 461. The van der Waals surface area contributed by atoms with E-state index >= 15 is 0 Å². The molecule has 17 heavy (non-hydrogen) atoms. The van der Waals surface area contributed by atoms with Gasteiger partial charge in [-0.25, -0.2) is 4.98 Å². The van der Waals surface area contributed by atoms with Crippen LogP contribution in [-0.2, 0) is 11.2 Å². The van der Waals surface area contributed by atoms with E-state index in [4.69, 9.17) is 4.74 Å². The number of hydrogen-bond donors (Lipinski definition) is 1. The molecule has 5 heteroatoms. The predicted octanol–water partition coefficient (Wildman–Crippen LogP) is 2.40. The number of rotatable bonds is 3. The first-order valence-electron chi connectivity index (χ1n) is 5.71. The van der Waals surface area contributed by atoms with Gasteiger partial charge in [0.2, 0.25) is 0 Å². The fraction of sp³-hybridized carbons (Fsp3) is 0.417. The number of morpholine rings is 1. The van der Waals surface area contributed by atoms with Gasteiger partial charge in [0.25, 0.3) is 0 Å². The van der Waals surface area contributed by atoms with Gasteiger partial charge >= 0.3 is 0 Å². The highest BCUT2D eigenvalue weighted by Crippen LogP contribution is 2.26. The van der Waals surface area contributed by atoms with Gasteiger partial charge in [-0.15, -0.1) is 22.7 Å². The smallest absolute Gasteiger partial charge is 0.0949 e. The van der Waals surface area contributed by atoms with Crippen LogP contribution in [0.1, 0.15) is 5.01 Å². The van der Waals surface area contributed by atoms with Gasteiger partial charge in [0.1, 0.15) is 0 Å². The van der Waals surface area contributed by atoms with Crippen LogP contribution in [0.3, 0.4) is 0 Å². The first-order chi connectivity index (χ1) is 8.42. The molecule has 1 saturated heterocycles. The zero-order chi connectivity index (χ0) is 11.5. The van der Waals surface area contributed by atoms with Gasteiger partial charge in [0.05, 0.1) is 28.8 Å². The van der Waals surface area contributed by atoms with Crippen LogP contribution in [0.2, 0.25) is 0 Å². The molecule has 1 N–H and O–H groups in total. The van der Waals surface area contributed by atoms with E-state index in [1.54, 1.807) is 22.7 Å². The predicted molar refractivity (Wildman–Crippen MR) is 71.7 cm³/mol. The lowest BCUT2D eigenvalue weighted by atomic mass is 10.2. The van der Waals surface area contributed by atoms with E-state index in [2.05, 4.69) is 33.2 Å². The largest absolute Gasteiger partial charge is 0.379 e. The van der Waals surface area contributed by atoms with Crippen molar-refractivity contribution < 1.29 is 4.74 Å². The van der Waals surface area contributed by atoms with E-state index in [1.807, 2.05) is 0 Å². The molecule has 1 fully saturated rings. The van der Waals surface area contributed by atoms with Gasteiger partial charge < -0.3 is 10.1 Å². The summed E-state index contributed by atoms with van der Waals surface area (Å²) in [7, 11) is 0. The number of aromatic nitrogens is 1. The molecule has 3 heterocycles. The molecule has 0 bridgehead atoms. The van der Waals surface area contributed by atoms with Crippen molar-refractivity contribution in [3.8, 4) is 10.6 Å². The lowest BCUT2D eigenvalue weighted by molar-refractivity contribution is 0.0770. The summed E-state index contributed by atoms with van der Waals surface area (Å²) in [5.41, 5.74) is 1.11. The highest BCUT2D eigenvalue weighted by Gasteiger charge is 2.15. The maximum atomic E-state index is 5.45. The highest BCUT2D eigenvalue weighted by atomic mass is 32.1. The maximum absolute atomic E-state index is 5.45. The van der Waals surface area contributed by atoms with Crippen molar-refractivity contribution in [1.29, 1.82) is 0 Å². The quantitative estimate of drug-likeness (QED) is 0.926. The Morgan fingerprint density at radius 1 is 1.47 bits per heavy atom. The fourth-order valence-electron chi connectivity index (χ4n) is 1.90. The van der Waals surface area contributed by atoms with Crippen molar-refractivity contribution in [2.75, 3.05) is 19.8 Å². The average molecular weight is 266 g/mol. The van der Waals surface area contributed by atoms with Crippen molar-refractivity contribution in [1.82, 2.24) is 10.3 Å². The van der Waals surface area contributed by atoms with Gasteiger partial charge in [0.15, 0.2) is 0 Å². The highest BCUT2D eigenvalue weighted by molar-refractivity contribution is 7.14. The molecule has 0 amide bonds. The number of ether oxygens (including phenoxy) is 1. The van der Waals surface area contributed by atoms with Gasteiger partial charge in [-0.2, -0.15) is 0 Å². The summed E-state index contributed by atoms with van der Waals surface area (Å²) in [4.78, 5) is 5.93. The molecule has 0 aliphatic carbocycles. The SMILES string of the molecule is c1csc(-c2csc(CC3COCCN3)n2)c1. The Morgan fingerprint density at radius 3 is 3.24 bits per heavy atom. The van der Waals surface area contributed by atoms with E-state index in [9.17, 15) is 0 Å². The molecular weight excluding hydrogens is 252 g/mol. The van der Waals surface area contributed by atoms with Crippen LogP contribution >= 0.6 is 22.7 Å². The third-order valence-electron chi connectivity index (χ3n) is 2.74. The summed E-state index contributed by atoms with van der Waals surface area (Å²) in [6.45, 7) is 2.58. The molecular formula is C12H14N2OS2. The van der Waals surface area contributed by atoms with Crippen LogP contribution in [-0.4, -0.2) is 30.8 Å². The fourth-order valence-corrected chi connectivity index (χ4v) is 3.54. The molecule has 1 atom stereocenters. The third-order valence-corrected chi connectivity index (χ3v) is 4.51. The minimum atomic E-state index is 0.422. The summed E-state index contributed by atoms with van der Waals surface area (Å²) < 4.78 is 5.45. The Kier molecular flexibility index (Phi) is 3.51. The molecule has 2 aromatic heterocycles. The van der Waals surface area contributed by atoms with Crippen LogP contribution in [0.4, 0.5) is 0 Å². The second kappa shape index (κ2) is 5.27. The first-order valence-corrected chi connectivity index (χ1v) is 7.47. The molecule has 0 radical (unpaired) electrons. The molecule has 0 spiro atoms. The first kappa shape index (κ1) is 11.3. The topological polar surface area (TPSA) is 34.1 Å². The monoisotopic (exact) mass is 266 g/mol. The van der Waals surface area contributed by atoms with Crippen molar-refractivity contribution >= 4 is 22.7 Å². The van der Waals surface area contributed by atoms with Crippen molar-refractivity contribution in [3.63, 3.8) is 0 Å². The van der Waals surface area contributed by atoms with Crippen molar-refractivity contribution in [2.24, 2.45) is 0 Å². The molecule has 3 rings (SSSR count). The van der Waals surface area contributed by atoms with Crippen molar-refractivity contribution in [3.05, 3.63) is 27.9 Å². The minimum Gasteiger partial charge on any atom is -0.379 e. The second-order valence-electron chi connectivity index (χ2n) is 4.03. The molecule has 0 aromatic carbocycles. The number of nitrogens with one attached hydrogen (secondary N) is 1. The molecule has 1 aliphatic heterocycles. The molecule has 0 saturated carbocycles. The summed E-state index contributed by atoms with van der Waals surface area (Å²) in [5.74, 6) is 0. The van der Waals surface area contributed by atoms with Crippen LogP contribution in [0.25, 0.3) is 10.6 Å². The van der Waals surface area contributed by atoms with Crippen LogP contribution in [0.15, 0.2) is 22.9 Å². The Labute approximate surface area is 108 Å². The zero-order valence-electron chi connectivity index (χ0n) is 9.39. The summed E-state index contributed by atoms with van der Waals surface area (Å²) in [6, 6.07) is 4.60. The zero-order valence-corrected chi connectivity index (χ0v) is 11.0. The van der Waals surface area contributed by atoms with Crippen molar-refractivity contribution in [2.45, 2.75) is 12.5 Å². The average Bonchev–Trinajstić information content (AvgIpc) is 3.00. The normalized spacial score (nSPS) is 20.6. The van der Waals surface area contributed by atoms with Crippen LogP contribution in [0.5, 0.6) is 0 Å². The number of hydrogen-bond acceptors (Lipinski definition) is 5. The number of thiazole rings is 1. The Balaban J connectivity index is 1.68. The number of thiophene rings is 1. The van der Waals surface area contributed by atoms with Gasteiger partial charge in [-0.1, -0.05) is 6.07 Å². The molecule has 90 valence electrons. The van der Waals surface area contributed by atoms with Gasteiger partial charge in [-0.3, -0.25) is 0 Å². The van der Waals surface area contributed by atoms with Gasteiger partial charge in [0, 0.05) is 24.4 Å². The molecule has 1 aliphatic rings. The van der Waals surface area contributed by atoms with Gasteiger partial charge in [-0.05, 0) is 11.4 Å². The maximum Gasteiger partial charge on any atom is 0.0949 e. The number of nitrogens with zero attached hydrogens (tertiary/aromatic N) is 1. The Morgan fingerprint density at radius 2 is 2.47 bits per heavy atom. The second-order valence-corrected chi connectivity index (χ2v) is 5.92. The minimum absolute atomic E-state index is 0.422. The summed E-state index contributed by atoms with van der Waals surface area (Å²) >= 11 is 3.48. The molecule has 1 unspecified atom stereocenters. The van der Waals surface area contributed by atoms with E-state index in [-0.39, 0.29) is 0 Å². The van der Waals surface area contributed by atoms with E-state index < -0.39 is 0 Å². The summed E-state index contributed by atoms with van der Waals surface area (Å²) in [6.07, 6.45) is 0.968. The summed E-state index contributed by atoms with van der Waals surface area (Å²) in [5, 5.41) is 8.88. The molecule has 2 aromatic rings.